The van der Waals surface area contributed by atoms with Gasteiger partial charge in [-0.3, -0.25) is 14.6 Å². The first-order valence-corrected chi connectivity index (χ1v) is 19.9. The second kappa shape index (κ2) is 17.4. The van der Waals surface area contributed by atoms with Gasteiger partial charge in [-0.1, -0.05) is 35.9 Å². The minimum absolute atomic E-state index is 0.0237. The van der Waals surface area contributed by atoms with E-state index < -0.39 is 29.9 Å². The number of benzene rings is 2. The molecule has 7 rings (SSSR count). The summed E-state index contributed by atoms with van der Waals surface area (Å²) in [6.07, 6.45) is -3.29. The zero-order chi connectivity index (χ0) is 40.3. The number of likely N-dealkylation sites (N-methyl/N-ethyl adjacent to an activating group) is 1. The first-order chi connectivity index (χ1) is 27.3. The predicted octanol–water partition coefficient (Wildman–Crippen LogP) is 8.23. The number of carboxylic acids is 1. The molecule has 1 aliphatic rings. The third-order valence-electron chi connectivity index (χ3n) is 9.59. The highest BCUT2D eigenvalue weighted by Crippen LogP contribution is 2.47. The van der Waals surface area contributed by atoms with E-state index >= 15 is 0 Å². The van der Waals surface area contributed by atoms with Gasteiger partial charge in [0.25, 0.3) is 0 Å². The second-order valence-electron chi connectivity index (χ2n) is 13.5. The molecule has 0 saturated carbocycles. The van der Waals surface area contributed by atoms with Crippen LogP contribution in [0.3, 0.4) is 0 Å². The van der Waals surface area contributed by atoms with Crippen molar-refractivity contribution in [2.45, 2.75) is 38.8 Å². The topological polar surface area (TPSA) is 115 Å². The monoisotopic (exact) mass is 844 g/mol. The summed E-state index contributed by atoms with van der Waals surface area (Å²) in [5, 5.41) is 14.6. The molecule has 6 aromatic rings. The first kappa shape index (κ1) is 40.4. The van der Waals surface area contributed by atoms with Gasteiger partial charge in [-0.15, -0.1) is 11.3 Å². The molecule has 57 heavy (non-hydrogen) atoms. The van der Waals surface area contributed by atoms with E-state index in [1.807, 2.05) is 13.0 Å². The van der Waals surface area contributed by atoms with Crippen molar-refractivity contribution in [1.82, 2.24) is 28.9 Å². The van der Waals surface area contributed by atoms with E-state index in [0.717, 1.165) is 60.3 Å². The average Bonchev–Trinajstić information content (AvgIpc) is 3.92. The molecule has 0 aliphatic carbocycles. The van der Waals surface area contributed by atoms with Gasteiger partial charge in [0.2, 0.25) is 12.0 Å². The Morgan fingerprint density at radius 3 is 2.56 bits per heavy atom. The minimum atomic E-state index is -4.48. The molecule has 5 heterocycles. The molecule has 2 aromatic carbocycles. The van der Waals surface area contributed by atoms with Crippen molar-refractivity contribution >= 4 is 50.5 Å². The number of thiophene rings is 1. The molecule has 1 fully saturated rings. The van der Waals surface area contributed by atoms with E-state index in [4.69, 9.17) is 30.8 Å². The number of para-hydroxylation sites is 1. The van der Waals surface area contributed by atoms with Crippen molar-refractivity contribution in [3.8, 4) is 39.1 Å². The molecule has 1 atom stereocenters. The maximum absolute atomic E-state index is 14.5. The third kappa shape index (κ3) is 9.50. The number of piperazine rings is 1. The Balaban J connectivity index is 1.18. The largest absolute Gasteiger partial charge is 0.491 e. The fourth-order valence-electron chi connectivity index (χ4n) is 6.56. The van der Waals surface area contributed by atoms with E-state index in [9.17, 15) is 27.5 Å². The molecular weight excluding hydrogens is 808 g/mol. The number of pyridine rings is 1. The Bertz CT molecular complexity index is 2360. The molecule has 18 heteroatoms. The van der Waals surface area contributed by atoms with Crippen molar-refractivity contribution in [2.24, 2.45) is 0 Å². The molecule has 300 valence electrons. The van der Waals surface area contributed by atoms with E-state index in [0.29, 0.717) is 60.3 Å². The Kier molecular flexibility index (Phi) is 12.3. The highest BCUT2D eigenvalue weighted by molar-refractivity contribution is 7.14. The Labute approximate surface area is 338 Å². The van der Waals surface area contributed by atoms with Crippen molar-refractivity contribution < 1.29 is 41.7 Å². The Morgan fingerprint density at radius 1 is 1.04 bits per heavy atom. The van der Waals surface area contributed by atoms with Gasteiger partial charge in [0.1, 0.15) is 31.3 Å². The molecule has 1 N–H and O–H groups in total. The lowest BCUT2D eigenvalue weighted by atomic mass is 9.95. The molecule has 11 nitrogen and oxygen atoms in total. The van der Waals surface area contributed by atoms with Crippen LogP contribution in [-0.4, -0.2) is 98.7 Å². The molecule has 4 aromatic heterocycles. The SMILES string of the molecule is Cc1c(-c2c(-c3ccc(F)s3)ncc3snc(O[C@H](Cc4ccccc4OCc4ccnn4CC(F)(F)F)C(=O)O)c23)ccc(OCCN2CCN(C)CC2)c1Cl. The van der Waals surface area contributed by atoms with Crippen LogP contribution in [0.2, 0.25) is 5.02 Å². The van der Waals surface area contributed by atoms with Crippen LogP contribution < -0.4 is 14.2 Å². The van der Waals surface area contributed by atoms with Gasteiger partial charge in [0, 0.05) is 57.1 Å². The van der Waals surface area contributed by atoms with Gasteiger partial charge in [-0.2, -0.15) is 27.0 Å². The van der Waals surface area contributed by atoms with E-state index in [1.54, 1.807) is 42.6 Å². The molecule has 0 bridgehead atoms. The summed E-state index contributed by atoms with van der Waals surface area (Å²) >= 11 is 8.95. The van der Waals surface area contributed by atoms with Crippen LogP contribution in [0.25, 0.3) is 31.8 Å². The summed E-state index contributed by atoms with van der Waals surface area (Å²) in [5.41, 5.74) is 2.90. The number of ether oxygens (including phenoxy) is 3. The van der Waals surface area contributed by atoms with Gasteiger partial charge in [-0.25, -0.2) is 4.79 Å². The maximum atomic E-state index is 14.5. The lowest BCUT2D eigenvalue weighted by Gasteiger charge is -2.32. The molecule has 0 radical (unpaired) electrons. The minimum Gasteiger partial charge on any atom is -0.491 e. The third-order valence-corrected chi connectivity index (χ3v) is 11.7. The van der Waals surface area contributed by atoms with Crippen LogP contribution >= 0.6 is 34.5 Å². The number of hydrogen-bond donors (Lipinski definition) is 1. The smallest absolute Gasteiger partial charge is 0.408 e. The summed E-state index contributed by atoms with van der Waals surface area (Å²) in [6.45, 7) is 5.41. The van der Waals surface area contributed by atoms with Crippen LogP contribution in [0.4, 0.5) is 17.6 Å². The first-order valence-electron chi connectivity index (χ1n) is 17.9. The Morgan fingerprint density at radius 2 is 1.82 bits per heavy atom. The van der Waals surface area contributed by atoms with Crippen molar-refractivity contribution in [3.63, 3.8) is 0 Å². The lowest BCUT2D eigenvalue weighted by Crippen LogP contribution is -2.45. The summed E-state index contributed by atoms with van der Waals surface area (Å²) in [5.74, 6) is -0.496. The molecule has 0 unspecified atom stereocenters. The number of aromatic nitrogens is 4. The van der Waals surface area contributed by atoms with Crippen LogP contribution in [0, 0.1) is 12.1 Å². The highest BCUT2D eigenvalue weighted by Gasteiger charge is 2.30. The number of alkyl halides is 3. The van der Waals surface area contributed by atoms with Crippen molar-refractivity contribution in [3.05, 3.63) is 94.0 Å². The van der Waals surface area contributed by atoms with Gasteiger partial charge in [-0.05, 0) is 72.5 Å². The predicted molar refractivity (Wildman–Crippen MR) is 210 cm³/mol. The number of hydrogen-bond acceptors (Lipinski definition) is 11. The normalized spacial score (nSPS) is 14.6. The standard InChI is InChI=1S/C39H37ClF4N6O5S2/c1-23-26(7-8-28(35(23)40)53-18-17-49-15-13-48(2)14-16-49)33-34-31(20-45-36(33)30-9-10-32(41)56-30)57-47-37(34)55-29(38(51)52)19-24-5-3-4-6-27(24)54-21-25-11-12-46-50(25)22-39(42,43)44/h3-12,20,29H,13-19,21-22H2,1-2H3,(H,51,52)/t29-/m1/s1. The van der Waals surface area contributed by atoms with Crippen LogP contribution in [0.1, 0.15) is 16.8 Å². The number of rotatable bonds is 15. The number of nitrogens with zero attached hydrogens (tertiary/aromatic N) is 6. The zero-order valence-electron chi connectivity index (χ0n) is 30.8. The summed E-state index contributed by atoms with van der Waals surface area (Å²) in [4.78, 5) is 22.7. The van der Waals surface area contributed by atoms with Gasteiger partial charge >= 0.3 is 12.1 Å². The number of carboxylic acid groups (broad SMARTS) is 1. The molecule has 1 saturated heterocycles. The quantitative estimate of drug-likeness (QED) is 0.102. The maximum Gasteiger partial charge on any atom is 0.408 e. The van der Waals surface area contributed by atoms with Crippen LogP contribution in [0.5, 0.6) is 17.4 Å². The summed E-state index contributed by atoms with van der Waals surface area (Å²) < 4.78 is 77.9. The summed E-state index contributed by atoms with van der Waals surface area (Å²) in [6, 6.07) is 14.6. The molecule has 0 amide bonds. The van der Waals surface area contributed by atoms with Gasteiger partial charge < -0.3 is 24.2 Å². The van der Waals surface area contributed by atoms with E-state index in [2.05, 4.69) is 26.3 Å². The average molecular weight is 845 g/mol. The van der Waals surface area contributed by atoms with E-state index in [1.165, 1.54) is 18.3 Å². The van der Waals surface area contributed by atoms with Crippen molar-refractivity contribution in [2.75, 3.05) is 46.4 Å². The highest BCUT2D eigenvalue weighted by atomic mass is 35.5. The fraction of sp³-hybridized carbons (Fsp3) is 0.333. The number of carbonyl (C=O) groups is 1. The van der Waals surface area contributed by atoms with Crippen LogP contribution in [0.15, 0.2) is 67.0 Å². The lowest BCUT2D eigenvalue weighted by molar-refractivity contribution is -0.145. The van der Waals surface area contributed by atoms with Gasteiger partial charge in [0.05, 0.1) is 31.4 Å². The molecule has 1 aliphatic heterocycles. The number of fused-ring (bicyclic) bond motifs is 1. The zero-order valence-corrected chi connectivity index (χ0v) is 33.2. The number of halogens is 5. The number of aliphatic carboxylic acids is 1. The summed E-state index contributed by atoms with van der Waals surface area (Å²) in [7, 11) is 2.10. The van der Waals surface area contributed by atoms with Crippen molar-refractivity contribution in [1.29, 1.82) is 0 Å². The van der Waals surface area contributed by atoms with Gasteiger partial charge in [0.15, 0.2) is 5.13 Å². The Hall–Kier alpha value is -4.81. The molecule has 0 spiro atoms. The molecular formula is C39H37ClF4N6O5S2. The second-order valence-corrected chi connectivity index (χ2v) is 15.7. The fourth-order valence-corrected chi connectivity index (χ4v) is 8.20. The van der Waals surface area contributed by atoms with Crippen LogP contribution in [-0.2, 0) is 24.4 Å². The van der Waals surface area contributed by atoms with E-state index in [-0.39, 0.29) is 30.4 Å².